The van der Waals surface area contributed by atoms with Crippen molar-refractivity contribution in [2.75, 3.05) is 31.9 Å². The van der Waals surface area contributed by atoms with E-state index >= 15 is 4.39 Å². The van der Waals surface area contributed by atoms with Crippen molar-refractivity contribution < 1.29 is 14.0 Å². The zero-order chi connectivity index (χ0) is 25.7. The molecule has 194 valence electrons. The number of fused-ring (bicyclic) bond motifs is 1. The molecule has 0 unspecified atom stereocenters. The molecule has 1 aliphatic carbocycles. The number of nitrogens with one attached hydrogen (secondary N) is 1. The summed E-state index contributed by atoms with van der Waals surface area (Å²) in [7, 11) is 0. The summed E-state index contributed by atoms with van der Waals surface area (Å²) in [5.41, 5.74) is 8.58. The molecule has 2 amide bonds. The lowest BCUT2D eigenvalue weighted by Crippen LogP contribution is -2.39. The number of piperidine rings is 2. The van der Waals surface area contributed by atoms with E-state index in [2.05, 4.69) is 9.97 Å². The third-order valence-electron chi connectivity index (χ3n) is 8.08. The fraction of sp³-hybridized carbons (Fsp3) is 0.481. The topological polar surface area (TPSA) is 108 Å². The van der Waals surface area contributed by atoms with Gasteiger partial charge in [-0.1, -0.05) is 11.6 Å². The predicted molar refractivity (Wildman–Crippen MR) is 139 cm³/mol. The number of anilines is 1. The number of hydrogen-bond acceptors (Lipinski definition) is 5. The van der Waals surface area contributed by atoms with Crippen LogP contribution in [0.3, 0.4) is 0 Å². The van der Waals surface area contributed by atoms with Crippen LogP contribution in [0.2, 0.25) is 5.02 Å². The van der Waals surface area contributed by atoms with Gasteiger partial charge in [0, 0.05) is 54.3 Å². The van der Waals surface area contributed by atoms with Crippen molar-refractivity contribution in [2.45, 2.75) is 50.4 Å². The second kappa shape index (κ2) is 9.59. The first kappa shape index (κ1) is 24.2. The first-order valence-electron chi connectivity index (χ1n) is 13.1. The molecule has 6 rings (SSSR count). The highest BCUT2D eigenvalue weighted by Crippen LogP contribution is 2.37. The van der Waals surface area contributed by atoms with Crippen LogP contribution in [0, 0.1) is 11.7 Å². The molecular weight excluding hydrogens is 495 g/mol. The van der Waals surface area contributed by atoms with Crippen molar-refractivity contribution in [3.05, 3.63) is 52.2 Å². The minimum absolute atomic E-state index is 0.0524. The molecule has 37 heavy (non-hydrogen) atoms. The molecule has 3 fully saturated rings. The number of likely N-dealkylation sites (tertiary alicyclic amines) is 2. The van der Waals surface area contributed by atoms with Gasteiger partial charge >= 0.3 is 0 Å². The Morgan fingerprint density at radius 2 is 1.68 bits per heavy atom. The Labute approximate surface area is 219 Å². The van der Waals surface area contributed by atoms with Crippen LogP contribution in [0.4, 0.5) is 10.1 Å². The molecular formula is C27H30ClFN6O2. The second-order valence-electron chi connectivity index (χ2n) is 10.5. The highest BCUT2D eigenvalue weighted by atomic mass is 35.5. The second-order valence-corrected chi connectivity index (χ2v) is 10.9. The van der Waals surface area contributed by atoms with Gasteiger partial charge in [0.2, 0.25) is 5.91 Å². The van der Waals surface area contributed by atoms with Gasteiger partial charge in [0.1, 0.15) is 11.6 Å². The number of benzene rings is 1. The largest absolute Gasteiger partial charge is 0.398 e. The Morgan fingerprint density at radius 3 is 2.35 bits per heavy atom. The molecule has 0 radical (unpaired) electrons. The van der Waals surface area contributed by atoms with Gasteiger partial charge in [-0.3, -0.25) is 9.59 Å². The molecule has 0 atom stereocenters. The van der Waals surface area contributed by atoms with Crippen LogP contribution < -0.4 is 5.73 Å². The smallest absolute Gasteiger partial charge is 0.255 e. The van der Waals surface area contributed by atoms with E-state index in [0.29, 0.717) is 58.9 Å². The van der Waals surface area contributed by atoms with Crippen molar-refractivity contribution in [3.63, 3.8) is 0 Å². The number of aromatic amines is 1. The Balaban J connectivity index is 1.16. The molecule has 3 N–H and O–H groups in total. The first-order valence-corrected chi connectivity index (χ1v) is 13.4. The highest BCUT2D eigenvalue weighted by molar-refractivity contribution is 6.31. The van der Waals surface area contributed by atoms with Crippen LogP contribution in [-0.2, 0) is 4.79 Å². The number of rotatable bonds is 4. The van der Waals surface area contributed by atoms with Crippen molar-refractivity contribution >= 4 is 40.3 Å². The van der Waals surface area contributed by atoms with Crippen molar-refractivity contribution in [3.8, 4) is 0 Å². The summed E-state index contributed by atoms with van der Waals surface area (Å²) in [5, 5.41) is 0.487. The van der Waals surface area contributed by atoms with Crippen molar-refractivity contribution in [1.82, 2.24) is 24.8 Å². The molecule has 8 nitrogen and oxygen atoms in total. The Bertz CT molecular complexity index is 1360. The van der Waals surface area contributed by atoms with E-state index in [-0.39, 0.29) is 35.4 Å². The van der Waals surface area contributed by atoms with E-state index in [1.807, 2.05) is 4.90 Å². The van der Waals surface area contributed by atoms with Crippen LogP contribution >= 0.6 is 11.6 Å². The fourth-order valence-corrected chi connectivity index (χ4v) is 5.97. The third kappa shape index (κ3) is 4.65. The average molecular weight is 525 g/mol. The number of nitrogens with zero attached hydrogens (tertiary/aromatic N) is 4. The molecule has 2 saturated heterocycles. The maximum atomic E-state index is 15.1. The lowest BCUT2D eigenvalue weighted by atomic mass is 9.88. The van der Waals surface area contributed by atoms with Gasteiger partial charge in [-0.05, 0) is 62.6 Å². The zero-order valence-corrected chi connectivity index (χ0v) is 21.3. The summed E-state index contributed by atoms with van der Waals surface area (Å²) in [6.07, 6.45) is 6.23. The SMILES string of the molecule is Nc1cc(Cl)ccc1C(=O)N1CCC(c2c(F)cnc3nc(C4CCN(C(=O)C5CC5)CC4)[nH]c23)CC1. The number of carbonyl (C=O) groups excluding carboxylic acids is 2. The maximum absolute atomic E-state index is 15.1. The molecule has 3 aliphatic rings. The number of carbonyl (C=O) groups is 2. The van der Waals surface area contributed by atoms with E-state index in [0.717, 1.165) is 44.6 Å². The molecule has 0 spiro atoms. The standard InChI is InChI=1S/C27H30ClFN6O2/c28-18-3-4-19(21(30)13-18)27(37)35-9-5-15(6-10-35)22-20(29)14-31-25-23(22)32-24(33-25)16-7-11-34(12-8-16)26(36)17-1-2-17/h3-4,13-17H,1-2,5-12,30H2,(H,31,32,33). The zero-order valence-electron chi connectivity index (χ0n) is 20.6. The number of H-pyrrole nitrogens is 1. The number of imidazole rings is 1. The van der Waals surface area contributed by atoms with Crippen LogP contribution in [0.15, 0.2) is 24.4 Å². The minimum Gasteiger partial charge on any atom is -0.398 e. The quantitative estimate of drug-likeness (QED) is 0.490. The van der Waals surface area contributed by atoms with Gasteiger partial charge in [-0.15, -0.1) is 0 Å². The Kier molecular flexibility index (Phi) is 6.26. The van der Waals surface area contributed by atoms with Gasteiger partial charge < -0.3 is 20.5 Å². The average Bonchev–Trinajstić information content (AvgIpc) is 3.67. The molecule has 3 aromatic rings. The predicted octanol–water partition coefficient (Wildman–Crippen LogP) is 4.47. The van der Waals surface area contributed by atoms with E-state index in [9.17, 15) is 9.59 Å². The van der Waals surface area contributed by atoms with Gasteiger partial charge in [-0.2, -0.15) is 0 Å². The molecule has 0 bridgehead atoms. The lowest BCUT2D eigenvalue weighted by molar-refractivity contribution is -0.133. The van der Waals surface area contributed by atoms with Gasteiger partial charge in [0.25, 0.3) is 5.91 Å². The Hall–Kier alpha value is -3.20. The Morgan fingerprint density at radius 1 is 1.00 bits per heavy atom. The molecule has 2 aromatic heterocycles. The van der Waals surface area contributed by atoms with E-state index in [1.54, 1.807) is 23.1 Å². The summed E-state index contributed by atoms with van der Waals surface area (Å²) in [6, 6.07) is 4.89. The summed E-state index contributed by atoms with van der Waals surface area (Å²) >= 11 is 5.97. The first-order chi connectivity index (χ1) is 17.9. The van der Waals surface area contributed by atoms with Gasteiger partial charge in [0.05, 0.1) is 17.3 Å². The van der Waals surface area contributed by atoms with Crippen LogP contribution in [0.5, 0.6) is 0 Å². The van der Waals surface area contributed by atoms with Crippen molar-refractivity contribution in [1.29, 1.82) is 0 Å². The van der Waals surface area contributed by atoms with Gasteiger partial charge in [0.15, 0.2) is 5.65 Å². The highest BCUT2D eigenvalue weighted by Gasteiger charge is 2.36. The molecule has 10 heteroatoms. The number of aromatic nitrogens is 3. The maximum Gasteiger partial charge on any atom is 0.255 e. The fourth-order valence-electron chi connectivity index (χ4n) is 5.79. The van der Waals surface area contributed by atoms with Crippen LogP contribution in [0.1, 0.15) is 72.1 Å². The minimum atomic E-state index is -0.348. The third-order valence-corrected chi connectivity index (χ3v) is 8.32. The molecule has 2 aliphatic heterocycles. The molecule has 4 heterocycles. The number of halogens is 2. The number of nitrogen functional groups attached to an aromatic ring is 1. The summed E-state index contributed by atoms with van der Waals surface area (Å²) in [4.78, 5) is 41.5. The van der Waals surface area contributed by atoms with E-state index in [1.165, 1.54) is 6.20 Å². The number of amides is 2. The summed E-state index contributed by atoms with van der Waals surface area (Å²) < 4.78 is 15.1. The number of hydrogen-bond donors (Lipinski definition) is 2. The van der Waals surface area contributed by atoms with Crippen LogP contribution in [0.25, 0.3) is 11.2 Å². The molecule has 1 saturated carbocycles. The lowest BCUT2D eigenvalue weighted by Gasteiger charge is -2.32. The number of nitrogens with two attached hydrogens (primary N) is 1. The normalized spacial score (nSPS) is 19.5. The summed E-state index contributed by atoms with van der Waals surface area (Å²) in [6.45, 7) is 2.47. The van der Waals surface area contributed by atoms with E-state index in [4.69, 9.17) is 22.3 Å². The molecule has 1 aromatic carbocycles. The van der Waals surface area contributed by atoms with Crippen molar-refractivity contribution in [2.24, 2.45) is 5.92 Å². The van der Waals surface area contributed by atoms with E-state index < -0.39 is 0 Å². The summed E-state index contributed by atoms with van der Waals surface area (Å²) in [5.74, 6) is 1.00. The van der Waals surface area contributed by atoms with Crippen LogP contribution in [-0.4, -0.2) is 62.7 Å². The number of pyridine rings is 1. The van der Waals surface area contributed by atoms with Gasteiger partial charge in [-0.25, -0.2) is 14.4 Å². The monoisotopic (exact) mass is 524 g/mol.